The number of hydrogen-bond donors (Lipinski definition) is 1. The van der Waals surface area contributed by atoms with Crippen LogP contribution < -0.4 is 5.32 Å². The van der Waals surface area contributed by atoms with Crippen LogP contribution in [0.2, 0.25) is 0 Å². The highest BCUT2D eigenvalue weighted by Gasteiger charge is 2.25. The second kappa shape index (κ2) is 9.25. The van der Waals surface area contributed by atoms with Crippen LogP contribution in [0.5, 0.6) is 0 Å². The third kappa shape index (κ3) is 5.07. The van der Waals surface area contributed by atoms with E-state index in [2.05, 4.69) is 28.4 Å². The molecule has 2 aromatic carbocycles. The van der Waals surface area contributed by atoms with Crippen molar-refractivity contribution in [2.45, 2.75) is 30.8 Å². The molecule has 0 radical (unpaired) electrons. The molecule has 0 bridgehead atoms. The molecular formula is C24H23N3O3S2. The van der Waals surface area contributed by atoms with Crippen molar-refractivity contribution in [3.8, 4) is 6.07 Å². The van der Waals surface area contributed by atoms with E-state index in [9.17, 15) is 18.5 Å². The van der Waals surface area contributed by atoms with Crippen LogP contribution in [-0.4, -0.2) is 32.0 Å². The van der Waals surface area contributed by atoms with Crippen LogP contribution in [-0.2, 0) is 40.6 Å². The Labute approximate surface area is 192 Å². The molecule has 0 saturated carbocycles. The third-order valence-electron chi connectivity index (χ3n) is 5.47. The number of carbonyl (C=O) groups is 1. The van der Waals surface area contributed by atoms with Gasteiger partial charge >= 0.3 is 0 Å². The fraction of sp³-hybridized carbons (Fsp3) is 0.250. The summed E-state index contributed by atoms with van der Waals surface area (Å²) in [5, 5.41) is 13.2. The summed E-state index contributed by atoms with van der Waals surface area (Å²) >= 11 is 1.47. The molecule has 0 unspecified atom stereocenters. The Balaban J connectivity index is 1.44. The van der Waals surface area contributed by atoms with Crippen molar-refractivity contribution < 1.29 is 13.2 Å². The summed E-state index contributed by atoms with van der Waals surface area (Å²) in [6.45, 7) is 2.48. The van der Waals surface area contributed by atoms with Gasteiger partial charge in [-0.25, -0.2) is 8.42 Å². The van der Waals surface area contributed by atoms with Crippen molar-refractivity contribution >= 4 is 32.1 Å². The minimum Gasteiger partial charge on any atom is -0.316 e. The van der Waals surface area contributed by atoms with Gasteiger partial charge in [-0.15, -0.1) is 11.3 Å². The Kier molecular flexibility index (Phi) is 6.42. The first kappa shape index (κ1) is 22.2. The SMILES string of the molecule is CS(=O)(=O)c1ccc(CC(=O)Nc2sc3c(c2C#N)CCN(Cc2ccccc2)C3)cc1. The number of fused-ring (bicyclic) bond motifs is 1. The molecule has 1 N–H and O–H groups in total. The van der Waals surface area contributed by atoms with E-state index in [4.69, 9.17) is 0 Å². The summed E-state index contributed by atoms with van der Waals surface area (Å²) in [7, 11) is -3.27. The zero-order valence-corrected chi connectivity index (χ0v) is 19.3. The highest BCUT2D eigenvalue weighted by Crippen LogP contribution is 2.37. The van der Waals surface area contributed by atoms with E-state index < -0.39 is 9.84 Å². The molecule has 32 heavy (non-hydrogen) atoms. The Morgan fingerprint density at radius 2 is 1.84 bits per heavy atom. The Bertz CT molecular complexity index is 1270. The lowest BCUT2D eigenvalue weighted by Gasteiger charge is -2.26. The maximum Gasteiger partial charge on any atom is 0.229 e. The zero-order valence-electron chi connectivity index (χ0n) is 17.7. The van der Waals surface area contributed by atoms with E-state index in [0.29, 0.717) is 16.1 Å². The molecule has 0 atom stereocenters. The third-order valence-corrected chi connectivity index (χ3v) is 7.73. The van der Waals surface area contributed by atoms with E-state index in [0.717, 1.165) is 42.8 Å². The number of amides is 1. The summed E-state index contributed by atoms with van der Waals surface area (Å²) < 4.78 is 23.2. The van der Waals surface area contributed by atoms with Crippen LogP contribution in [0.4, 0.5) is 5.00 Å². The first-order chi connectivity index (χ1) is 15.3. The van der Waals surface area contributed by atoms with Crippen molar-refractivity contribution in [2.75, 3.05) is 18.1 Å². The van der Waals surface area contributed by atoms with E-state index in [-0.39, 0.29) is 17.2 Å². The number of nitrogens with zero attached hydrogens (tertiary/aromatic N) is 2. The molecule has 0 spiro atoms. The molecule has 4 rings (SSSR count). The summed E-state index contributed by atoms with van der Waals surface area (Å²) in [6.07, 6.45) is 2.04. The molecule has 1 aliphatic heterocycles. The standard InChI is InChI=1S/C24H23N3O3S2/c1-32(29,30)19-9-7-17(8-10-19)13-23(28)26-24-21(14-25)20-11-12-27(16-22(20)31-24)15-18-5-3-2-4-6-18/h2-10H,11-13,15-16H2,1H3,(H,26,28). The van der Waals surface area contributed by atoms with Crippen LogP contribution in [0, 0.1) is 11.3 Å². The van der Waals surface area contributed by atoms with E-state index in [1.165, 1.54) is 29.0 Å². The highest BCUT2D eigenvalue weighted by atomic mass is 32.2. The van der Waals surface area contributed by atoms with Gasteiger partial charge in [-0.05, 0) is 35.2 Å². The molecule has 2 heterocycles. The number of hydrogen-bond acceptors (Lipinski definition) is 6. The molecule has 1 aromatic heterocycles. The molecule has 164 valence electrons. The molecule has 8 heteroatoms. The minimum atomic E-state index is -3.27. The smallest absolute Gasteiger partial charge is 0.229 e. The van der Waals surface area contributed by atoms with Crippen molar-refractivity contribution in [1.82, 2.24) is 4.90 Å². The van der Waals surface area contributed by atoms with Crippen LogP contribution in [0.3, 0.4) is 0 Å². The van der Waals surface area contributed by atoms with Crippen LogP contribution >= 0.6 is 11.3 Å². The van der Waals surface area contributed by atoms with Gasteiger partial charge in [-0.1, -0.05) is 42.5 Å². The average molecular weight is 466 g/mol. The Hall–Kier alpha value is -2.99. The second-order valence-corrected chi connectivity index (χ2v) is 11.0. The first-order valence-electron chi connectivity index (χ1n) is 10.2. The molecule has 0 fully saturated rings. The van der Waals surface area contributed by atoms with Gasteiger partial charge in [0.1, 0.15) is 11.1 Å². The predicted octanol–water partition coefficient (Wildman–Crippen LogP) is 3.76. The Morgan fingerprint density at radius 1 is 1.12 bits per heavy atom. The molecular weight excluding hydrogens is 442 g/mol. The first-order valence-corrected chi connectivity index (χ1v) is 12.9. The van der Waals surface area contributed by atoms with Crippen LogP contribution in [0.25, 0.3) is 0 Å². The second-order valence-electron chi connectivity index (χ2n) is 7.91. The number of anilines is 1. The molecule has 1 aliphatic rings. The molecule has 0 saturated heterocycles. The number of sulfone groups is 1. The van der Waals surface area contributed by atoms with Gasteiger partial charge in [0.05, 0.1) is 16.9 Å². The van der Waals surface area contributed by atoms with Gasteiger partial charge in [-0.2, -0.15) is 5.26 Å². The summed E-state index contributed by atoms with van der Waals surface area (Å²) in [4.78, 5) is 16.3. The van der Waals surface area contributed by atoms with Gasteiger partial charge < -0.3 is 5.32 Å². The van der Waals surface area contributed by atoms with Gasteiger partial charge in [0.2, 0.25) is 5.91 Å². The fourth-order valence-electron chi connectivity index (χ4n) is 3.85. The van der Waals surface area contributed by atoms with Crippen molar-refractivity contribution in [3.05, 3.63) is 81.7 Å². The highest BCUT2D eigenvalue weighted by molar-refractivity contribution is 7.90. The van der Waals surface area contributed by atoms with E-state index in [1.807, 2.05) is 18.2 Å². The maximum atomic E-state index is 12.6. The summed E-state index contributed by atoms with van der Waals surface area (Å²) in [5.41, 5.74) is 3.56. The van der Waals surface area contributed by atoms with Crippen molar-refractivity contribution in [1.29, 1.82) is 5.26 Å². The van der Waals surface area contributed by atoms with Crippen LogP contribution in [0.1, 0.15) is 27.1 Å². The Morgan fingerprint density at radius 3 is 2.50 bits per heavy atom. The number of carbonyl (C=O) groups excluding carboxylic acids is 1. The summed E-state index contributed by atoms with van der Waals surface area (Å²) in [6, 6.07) is 18.9. The normalized spacial score (nSPS) is 13.9. The molecule has 0 aliphatic carbocycles. The predicted molar refractivity (Wildman–Crippen MR) is 125 cm³/mol. The van der Waals surface area contributed by atoms with Crippen molar-refractivity contribution in [2.24, 2.45) is 0 Å². The molecule has 1 amide bonds. The van der Waals surface area contributed by atoms with E-state index >= 15 is 0 Å². The lowest BCUT2D eigenvalue weighted by molar-refractivity contribution is -0.115. The lowest BCUT2D eigenvalue weighted by Crippen LogP contribution is -2.29. The number of nitrogens with one attached hydrogen (secondary N) is 1. The fourth-order valence-corrected chi connectivity index (χ4v) is 5.74. The van der Waals surface area contributed by atoms with Gasteiger partial charge in [0.25, 0.3) is 0 Å². The number of rotatable bonds is 6. The number of thiophene rings is 1. The lowest BCUT2D eigenvalue weighted by atomic mass is 10.0. The summed E-state index contributed by atoms with van der Waals surface area (Å²) in [5.74, 6) is -0.228. The minimum absolute atomic E-state index is 0.109. The van der Waals surface area contributed by atoms with Gasteiger partial charge in [0, 0.05) is 30.8 Å². The quantitative estimate of drug-likeness (QED) is 0.599. The molecule has 6 nitrogen and oxygen atoms in total. The monoisotopic (exact) mass is 465 g/mol. The largest absolute Gasteiger partial charge is 0.316 e. The van der Waals surface area contributed by atoms with Gasteiger partial charge in [-0.3, -0.25) is 9.69 Å². The number of nitriles is 1. The maximum absolute atomic E-state index is 12.6. The van der Waals surface area contributed by atoms with Crippen LogP contribution in [0.15, 0.2) is 59.5 Å². The zero-order chi connectivity index (χ0) is 22.7. The average Bonchev–Trinajstić information content (AvgIpc) is 3.10. The topological polar surface area (TPSA) is 90.3 Å². The van der Waals surface area contributed by atoms with Gasteiger partial charge in [0.15, 0.2) is 9.84 Å². The molecule has 3 aromatic rings. The number of benzene rings is 2. The van der Waals surface area contributed by atoms with E-state index in [1.54, 1.807) is 12.1 Å². The van der Waals surface area contributed by atoms with Crippen molar-refractivity contribution in [3.63, 3.8) is 0 Å².